The van der Waals surface area contributed by atoms with Crippen LogP contribution in [-0.2, 0) is 36.1 Å². The van der Waals surface area contributed by atoms with Gasteiger partial charge in [0.05, 0.1) is 21.4 Å². The molecule has 14 nitrogen and oxygen atoms in total. The lowest BCUT2D eigenvalue weighted by molar-refractivity contribution is -0.388. The maximum atomic E-state index is 13.3. The molecule has 0 N–H and O–H groups in total. The lowest BCUT2D eigenvalue weighted by Crippen LogP contribution is -2.44. The number of halogens is 1. The van der Waals surface area contributed by atoms with Gasteiger partial charge >= 0.3 is 16.1 Å². The average molecular weight is 658 g/mol. The topological polar surface area (TPSA) is 193 Å². The molecule has 0 spiro atoms. The molecule has 0 heterocycles. The summed E-state index contributed by atoms with van der Waals surface area (Å²) in [5.74, 6) is -1.20. The first-order chi connectivity index (χ1) is 18.7. The number of methoxy groups -OCH3 is 1. The number of carbonyl (C=O) groups is 1. The average Bonchev–Trinajstić information content (AvgIpc) is 2.92. The number of rotatable bonds is 11. The summed E-state index contributed by atoms with van der Waals surface area (Å²) in [6, 6.07) is 11.7. The second kappa shape index (κ2) is 12.1. The van der Waals surface area contributed by atoms with Crippen LogP contribution in [0.1, 0.15) is 5.56 Å². The summed E-state index contributed by atoms with van der Waals surface area (Å²) >= 11 is 3.16. The molecule has 40 heavy (non-hydrogen) atoms. The van der Waals surface area contributed by atoms with Gasteiger partial charge in [-0.15, -0.1) is 0 Å². The fourth-order valence-electron chi connectivity index (χ4n) is 3.59. The zero-order chi connectivity index (χ0) is 29.8. The number of para-hydroxylation sites is 2. The van der Waals surface area contributed by atoms with Gasteiger partial charge in [0.25, 0.3) is 11.4 Å². The molecule has 3 aromatic rings. The van der Waals surface area contributed by atoms with E-state index in [1.165, 1.54) is 42.5 Å². The molecule has 0 saturated carbocycles. The van der Waals surface area contributed by atoms with Gasteiger partial charge in [-0.2, -0.15) is 12.7 Å². The summed E-state index contributed by atoms with van der Waals surface area (Å²) in [5, 5.41) is 22.6. The summed E-state index contributed by atoms with van der Waals surface area (Å²) in [6.07, 6.45) is -0.279. The molecule has 0 aliphatic rings. The van der Waals surface area contributed by atoms with E-state index in [-0.39, 0.29) is 16.6 Å². The van der Waals surface area contributed by atoms with Crippen molar-refractivity contribution < 1.29 is 40.4 Å². The number of esters is 1. The van der Waals surface area contributed by atoms with Crippen LogP contribution in [0.5, 0.6) is 5.75 Å². The van der Waals surface area contributed by atoms with E-state index in [0.29, 0.717) is 9.87 Å². The minimum absolute atomic E-state index is 0.0694. The summed E-state index contributed by atoms with van der Waals surface area (Å²) in [5.41, 5.74) is -1.04. The third-order valence-electron chi connectivity index (χ3n) is 5.59. The normalized spacial score (nSPS) is 12.5. The Labute approximate surface area is 236 Å². The molecule has 0 radical (unpaired) electrons. The standard InChI is InChI=1S/C23H20BrN3O11S2/c1-25(39(33,34)21-9-5-3-7-17(21)26(29)30)19(23(28)37-2)14-15-11-12-20(16(24)13-15)38-40(35,36)22-10-6-4-8-18(22)27(31)32/h3-13,19H,14H2,1-2H3/t19-/m1/s1. The summed E-state index contributed by atoms with van der Waals surface area (Å²) in [4.78, 5) is 32.2. The van der Waals surface area contributed by atoms with Crippen LogP contribution in [0, 0.1) is 20.2 Å². The Morgan fingerprint density at radius 2 is 1.45 bits per heavy atom. The smallest absolute Gasteiger partial charge is 0.346 e. The third-order valence-corrected chi connectivity index (χ3v) is 9.40. The van der Waals surface area contributed by atoms with Gasteiger partial charge in [-0.25, -0.2) is 8.42 Å². The van der Waals surface area contributed by atoms with Gasteiger partial charge in [0.15, 0.2) is 15.5 Å². The lowest BCUT2D eigenvalue weighted by atomic mass is 10.1. The van der Waals surface area contributed by atoms with Crippen molar-refractivity contribution in [3.05, 3.63) is 97.0 Å². The number of benzene rings is 3. The third kappa shape index (κ3) is 6.44. The monoisotopic (exact) mass is 657 g/mol. The van der Waals surface area contributed by atoms with Crippen LogP contribution in [0.15, 0.2) is 81.0 Å². The highest BCUT2D eigenvalue weighted by Crippen LogP contribution is 2.33. The predicted molar refractivity (Wildman–Crippen MR) is 143 cm³/mol. The number of nitro groups is 2. The first-order valence-corrected chi connectivity index (χ1v) is 14.6. The van der Waals surface area contributed by atoms with Crippen molar-refractivity contribution in [2.75, 3.05) is 14.2 Å². The van der Waals surface area contributed by atoms with E-state index in [2.05, 4.69) is 15.9 Å². The van der Waals surface area contributed by atoms with E-state index < -0.39 is 63.2 Å². The van der Waals surface area contributed by atoms with Gasteiger partial charge in [-0.3, -0.25) is 25.0 Å². The van der Waals surface area contributed by atoms with Gasteiger partial charge < -0.3 is 8.92 Å². The fraction of sp³-hybridized carbons (Fsp3) is 0.174. The molecule has 0 aromatic heterocycles. The zero-order valence-electron chi connectivity index (χ0n) is 20.7. The summed E-state index contributed by atoms with van der Waals surface area (Å²) in [7, 11) is -7.07. The van der Waals surface area contributed by atoms with E-state index in [1.54, 1.807) is 0 Å². The Kier molecular flexibility index (Phi) is 9.24. The lowest BCUT2D eigenvalue weighted by Gasteiger charge is -2.25. The Balaban J connectivity index is 1.93. The van der Waals surface area contributed by atoms with Crippen LogP contribution < -0.4 is 4.18 Å². The van der Waals surface area contributed by atoms with E-state index in [9.17, 15) is 41.9 Å². The fourth-order valence-corrected chi connectivity index (χ4v) is 6.78. The molecule has 17 heteroatoms. The molecule has 0 saturated heterocycles. The molecule has 212 valence electrons. The second-order valence-corrected chi connectivity index (χ2v) is 12.4. The number of sulfonamides is 1. The zero-order valence-corrected chi connectivity index (χ0v) is 23.9. The van der Waals surface area contributed by atoms with Crippen LogP contribution >= 0.6 is 15.9 Å². The van der Waals surface area contributed by atoms with Crippen molar-refractivity contribution >= 4 is 53.4 Å². The molecule has 3 rings (SSSR count). The molecule has 1 atom stereocenters. The summed E-state index contributed by atoms with van der Waals surface area (Å²) in [6.45, 7) is 0. The molecule has 0 aliphatic heterocycles. The van der Waals surface area contributed by atoms with Crippen molar-refractivity contribution in [3.63, 3.8) is 0 Å². The molecule has 0 fully saturated rings. The van der Waals surface area contributed by atoms with E-state index in [1.807, 2.05) is 0 Å². The van der Waals surface area contributed by atoms with Crippen molar-refractivity contribution in [3.8, 4) is 5.75 Å². The van der Waals surface area contributed by atoms with E-state index in [0.717, 1.165) is 38.4 Å². The van der Waals surface area contributed by atoms with Crippen LogP contribution in [0.4, 0.5) is 11.4 Å². The van der Waals surface area contributed by atoms with Crippen molar-refractivity contribution in [1.82, 2.24) is 4.31 Å². The van der Waals surface area contributed by atoms with Gasteiger partial charge in [0.1, 0.15) is 6.04 Å². The Morgan fingerprint density at radius 3 is 1.98 bits per heavy atom. The van der Waals surface area contributed by atoms with Gasteiger partial charge in [-0.1, -0.05) is 30.3 Å². The molecule has 0 bridgehead atoms. The first-order valence-electron chi connectivity index (χ1n) is 11.0. The highest BCUT2D eigenvalue weighted by molar-refractivity contribution is 9.10. The number of hydrogen-bond acceptors (Lipinski definition) is 11. The molecule has 0 amide bonds. The highest BCUT2D eigenvalue weighted by atomic mass is 79.9. The van der Waals surface area contributed by atoms with Crippen molar-refractivity contribution in [1.29, 1.82) is 0 Å². The molecule has 0 aliphatic carbocycles. The van der Waals surface area contributed by atoms with E-state index in [4.69, 9.17) is 8.92 Å². The number of nitrogens with zero attached hydrogens (tertiary/aromatic N) is 3. The number of carbonyl (C=O) groups excluding carboxylic acids is 1. The number of hydrogen-bond donors (Lipinski definition) is 0. The Bertz CT molecular complexity index is 1700. The van der Waals surface area contributed by atoms with Crippen LogP contribution in [-0.4, -0.2) is 57.2 Å². The highest BCUT2D eigenvalue weighted by Gasteiger charge is 2.37. The van der Waals surface area contributed by atoms with E-state index >= 15 is 0 Å². The number of likely N-dealkylation sites (N-methyl/N-ethyl adjacent to an activating group) is 1. The van der Waals surface area contributed by atoms with Crippen LogP contribution in [0.2, 0.25) is 0 Å². The molecule has 3 aromatic carbocycles. The van der Waals surface area contributed by atoms with Crippen LogP contribution in [0.3, 0.4) is 0 Å². The van der Waals surface area contributed by atoms with Crippen molar-refractivity contribution in [2.24, 2.45) is 0 Å². The minimum atomic E-state index is -4.63. The maximum absolute atomic E-state index is 13.3. The van der Waals surface area contributed by atoms with Crippen molar-refractivity contribution in [2.45, 2.75) is 22.3 Å². The van der Waals surface area contributed by atoms with Gasteiger partial charge in [0, 0.05) is 19.2 Å². The van der Waals surface area contributed by atoms with Gasteiger partial charge in [-0.05, 0) is 52.2 Å². The first kappa shape index (κ1) is 30.6. The second-order valence-electron chi connectivity index (χ2n) is 8.02. The number of ether oxygens (including phenoxy) is 1. The number of nitro benzene ring substituents is 2. The Morgan fingerprint density at radius 1 is 0.925 bits per heavy atom. The quantitative estimate of drug-likeness (QED) is 0.127. The van der Waals surface area contributed by atoms with Crippen LogP contribution in [0.25, 0.3) is 0 Å². The predicted octanol–water partition coefficient (Wildman–Crippen LogP) is 3.44. The molecular formula is C23H20BrN3O11S2. The SMILES string of the molecule is COC(=O)[C@@H](Cc1ccc(OS(=O)(=O)c2ccccc2[N+](=O)[O-])c(Br)c1)N(C)S(=O)(=O)c1ccccc1[N+](=O)[O-]. The minimum Gasteiger partial charge on any atom is -0.468 e. The Hall–Kier alpha value is -3.93. The molecule has 0 unspecified atom stereocenters. The molecular weight excluding hydrogens is 638 g/mol. The largest absolute Gasteiger partial charge is 0.468 e. The summed E-state index contributed by atoms with van der Waals surface area (Å²) < 4.78 is 62.6. The van der Waals surface area contributed by atoms with Gasteiger partial charge in [0.2, 0.25) is 10.0 Å². The maximum Gasteiger partial charge on any atom is 0.346 e.